The second-order valence-corrected chi connectivity index (χ2v) is 3.51. The smallest absolute Gasteiger partial charge is 0.309 e. The predicted molar refractivity (Wildman–Crippen MR) is 58.2 cm³/mol. The van der Waals surface area contributed by atoms with Crippen molar-refractivity contribution in [3.05, 3.63) is 12.2 Å². The number of esters is 1. The van der Waals surface area contributed by atoms with Crippen LogP contribution in [-0.4, -0.2) is 37.1 Å². The van der Waals surface area contributed by atoms with Gasteiger partial charge in [-0.15, -0.1) is 0 Å². The van der Waals surface area contributed by atoms with Crippen LogP contribution < -0.4 is 0 Å². The highest BCUT2D eigenvalue weighted by Gasteiger charge is 2.00. The van der Waals surface area contributed by atoms with E-state index in [-0.39, 0.29) is 5.97 Å². The molecule has 0 rings (SSSR count). The van der Waals surface area contributed by atoms with Crippen LogP contribution in [0.4, 0.5) is 0 Å². The van der Waals surface area contributed by atoms with Gasteiger partial charge in [0.05, 0.1) is 13.0 Å². The van der Waals surface area contributed by atoms with Crippen LogP contribution in [-0.2, 0) is 9.53 Å². The molecule has 0 radical (unpaired) electrons. The Bertz CT molecular complexity index is 188. The van der Waals surface area contributed by atoms with E-state index in [9.17, 15) is 4.79 Å². The number of likely N-dealkylation sites (N-methyl/N-ethyl adjacent to an activating group) is 1. The first-order valence-corrected chi connectivity index (χ1v) is 5.08. The quantitative estimate of drug-likeness (QED) is 0.483. The molecule has 0 N–H and O–H groups in total. The van der Waals surface area contributed by atoms with Gasteiger partial charge in [-0.25, -0.2) is 0 Å². The minimum Gasteiger partial charge on any atom is -0.466 e. The summed E-state index contributed by atoms with van der Waals surface area (Å²) in [6.45, 7) is 7.42. The molecule has 0 aromatic carbocycles. The maximum Gasteiger partial charge on any atom is 0.309 e. The lowest BCUT2D eigenvalue weighted by molar-refractivity contribution is -0.142. The van der Waals surface area contributed by atoms with E-state index in [0.29, 0.717) is 19.1 Å². The van der Waals surface area contributed by atoms with Crippen molar-refractivity contribution < 1.29 is 9.53 Å². The van der Waals surface area contributed by atoms with Gasteiger partial charge in [-0.3, -0.25) is 4.79 Å². The Labute approximate surface area is 86.7 Å². The Hall–Kier alpha value is -0.830. The monoisotopic (exact) mass is 199 g/mol. The molecule has 0 amide bonds. The van der Waals surface area contributed by atoms with E-state index in [0.717, 1.165) is 6.54 Å². The van der Waals surface area contributed by atoms with Crippen molar-refractivity contribution >= 4 is 5.97 Å². The van der Waals surface area contributed by atoms with Crippen molar-refractivity contribution in [3.63, 3.8) is 0 Å². The second kappa shape index (κ2) is 7.56. The average Bonchev–Trinajstić information content (AvgIpc) is 2.12. The van der Waals surface area contributed by atoms with E-state index in [4.69, 9.17) is 4.74 Å². The van der Waals surface area contributed by atoms with Crippen LogP contribution in [0.15, 0.2) is 12.2 Å². The summed E-state index contributed by atoms with van der Waals surface area (Å²) in [5, 5.41) is 0. The minimum atomic E-state index is -0.157. The van der Waals surface area contributed by atoms with Gasteiger partial charge in [-0.1, -0.05) is 12.2 Å². The molecule has 0 aliphatic heterocycles. The van der Waals surface area contributed by atoms with Crippen LogP contribution in [0.2, 0.25) is 0 Å². The Balaban J connectivity index is 3.58. The van der Waals surface area contributed by atoms with E-state index in [2.05, 4.69) is 25.8 Å². The van der Waals surface area contributed by atoms with Gasteiger partial charge in [0, 0.05) is 12.6 Å². The first-order valence-electron chi connectivity index (χ1n) is 5.08. The van der Waals surface area contributed by atoms with Gasteiger partial charge in [-0.2, -0.15) is 0 Å². The van der Waals surface area contributed by atoms with Crippen molar-refractivity contribution in [2.45, 2.75) is 33.2 Å². The van der Waals surface area contributed by atoms with Gasteiger partial charge in [0.2, 0.25) is 0 Å². The Morgan fingerprint density at radius 2 is 2.07 bits per heavy atom. The molecule has 3 nitrogen and oxygen atoms in total. The van der Waals surface area contributed by atoms with Crippen LogP contribution in [0, 0.1) is 0 Å². The lowest BCUT2D eigenvalue weighted by atomic mass is 10.3. The SMILES string of the molecule is CCOC(=O)C/C=C\CN(C)C(C)C. The van der Waals surface area contributed by atoms with Crippen LogP contribution in [0.3, 0.4) is 0 Å². The minimum absolute atomic E-state index is 0.157. The number of carbonyl (C=O) groups excluding carboxylic acids is 1. The third-order valence-corrected chi connectivity index (χ3v) is 2.03. The number of hydrogen-bond acceptors (Lipinski definition) is 3. The lowest BCUT2D eigenvalue weighted by Gasteiger charge is -2.18. The molecule has 0 unspecified atom stereocenters. The molecule has 0 aliphatic carbocycles. The third-order valence-electron chi connectivity index (χ3n) is 2.03. The van der Waals surface area contributed by atoms with Crippen molar-refractivity contribution in [1.82, 2.24) is 4.90 Å². The predicted octanol–water partition coefficient (Wildman–Crippen LogP) is 1.84. The summed E-state index contributed by atoms with van der Waals surface area (Å²) in [4.78, 5) is 13.1. The Morgan fingerprint density at radius 3 is 2.57 bits per heavy atom. The van der Waals surface area contributed by atoms with Crippen molar-refractivity contribution in [2.24, 2.45) is 0 Å². The van der Waals surface area contributed by atoms with Gasteiger partial charge >= 0.3 is 5.97 Å². The molecule has 3 heteroatoms. The molecule has 14 heavy (non-hydrogen) atoms. The van der Waals surface area contributed by atoms with Gasteiger partial charge in [0.25, 0.3) is 0 Å². The molecule has 82 valence electrons. The van der Waals surface area contributed by atoms with E-state index in [1.54, 1.807) is 0 Å². The summed E-state index contributed by atoms with van der Waals surface area (Å²) < 4.78 is 4.79. The number of hydrogen-bond donors (Lipinski definition) is 0. The lowest BCUT2D eigenvalue weighted by Crippen LogP contribution is -2.26. The normalized spacial score (nSPS) is 11.6. The first kappa shape index (κ1) is 13.2. The molecule has 0 aromatic rings. The van der Waals surface area contributed by atoms with Gasteiger partial charge in [-0.05, 0) is 27.8 Å². The maximum atomic E-state index is 10.9. The molecule has 0 spiro atoms. The fourth-order valence-corrected chi connectivity index (χ4v) is 0.851. The van der Waals surface area contributed by atoms with E-state index >= 15 is 0 Å². The molecule has 0 heterocycles. The number of rotatable bonds is 6. The summed E-state index contributed by atoms with van der Waals surface area (Å²) >= 11 is 0. The molecule has 0 fully saturated rings. The third kappa shape index (κ3) is 6.66. The summed E-state index contributed by atoms with van der Waals surface area (Å²) in [6.07, 6.45) is 4.23. The summed E-state index contributed by atoms with van der Waals surface area (Å²) in [7, 11) is 2.05. The zero-order valence-electron chi connectivity index (χ0n) is 9.62. The Kier molecular flexibility index (Phi) is 7.11. The molecule has 0 saturated heterocycles. The highest BCUT2D eigenvalue weighted by atomic mass is 16.5. The second-order valence-electron chi connectivity index (χ2n) is 3.51. The summed E-state index contributed by atoms with van der Waals surface area (Å²) in [6, 6.07) is 0.530. The van der Waals surface area contributed by atoms with Crippen LogP contribution in [0.5, 0.6) is 0 Å². The number of carbonyl (C=O) groups is 1. The average molecular weight is 199 g/mol. The zero-order valence-corrected chi connectivity index (χ0v) is 9.62. The highest BCUT2D eigenvalue weighted by molar-refractivity contribution is 5.71. The highest BCUT2D eigenvalue weighted by Crippen LogP contribution is 1.94. The molecule has 0 aromatic heterocycles. The van der Waals surface area contributed by atoms with Crippen LogP contribution >= 0.6 is 0 Å². The molecular weight excluding hydrogens is 178 g/mol. The zero-order chi connectivity index (χ0) is 11.0. The standard InChI is InChI=1S/C11H21NO2/c1-5-14-11(13)8-6-7-9-12(4)10(2)3/h6-7,10H,5,8-9H2,1-4H3/b7-6-. The topological polar surface area (TPSA) is 29.5 Å². The van der Waals surface area contributed by atoms with Crippen LogP contribution in [0.1, 0.15) is 27.2 Å². The van der Waals surface area contributed by atoms with Crippen molar-refractivity contribution in [1.29, 1.82) is 0 Å². The van der Waals surface area contributed by atoms with Crippen molar-refractivity contribution in [3.8, 4) is 0 Å². The largest absolute Gasteiger partial charge is 0.466 e. The van der Waals surface area contributed by atoms with Crippen LogP contribution in [0.25, 0.3) is 0 Å². The Morgan fingerprint density at radius 1 is 1.43 bits per heavy atom. The molecule has 0 aliphatic rings. The fraction of sp³-hybridized carbons (Fsp3) is 0.727. The molecule has 0 atom stereocenters. The summed E-state index contributed by atoms with van der Waals surface area (Å²) in [5.41, 5.74) is 0. The summed E-state index contributed by atoms with van der Waals surface area (Å²) in [5.74, 6) is -0.157. The van der Waals surface area contributed by atoms with Crippen molar-refractivity contribution in [2.75, 3.05) is 20.2 Å². The van der Waals surface area contributed by atoms with Gasteiger partial charge in [0.15, 0.2) is 0 Å². The maximum absolute atomic E-state index is 10.9. The van der Waals surface area contributed by atoms with Gasteiger partial charge < -0.3 is 9.64 Å². The fourth-order valence-electron chi connectivity index (χ4n) is 0.851. The van der Waals surface area contributed by atoms with E-state index in [1.807, 2.05) is 19.1 Å². The van der Waals surface area contributed by atoms with Gasteiger partial charge in [0.1, 0.15) is 0 Å². The number of nitrogens with zero attached hydrogens (tertiary/aromatic N) is 1. The number of ether oxygens (including phenoxy) is 1. The molecule has 0 saturated carbocycles. The van der Waals surface area contributed by atoms with E-state index in [1.165, 1.54) is 0 Å². The van der Waals surface area contributed by atoms with E-state index < -0.39 is 0 Å². The molecule has 0 bridgehead atoms. The first-order chi connectivity index (χ1) is 6.57. The molecular formula is C11H21NO2.